The number of aromatic nitrogens is 1. The van der Waals surface area contributed by atoms with Crippen molar-refractivity contribution in [1.29, 1.82) is 0 Å². The monoisotopic (exact) mass is 272 g/mol. The molecule has 104 valence electrons. The summed E-state index contributed by atoms with van der Waals surface area (Å²) in [6.45, 7) is 1.58. The van der Waals surface area contributed by atoms with Gasteiger partial charge in [-0.15, -0.1) is 0 Å². The van der Waals surface area contributed by atoms with Crippen molar-refractivity contribution in [3.63, 3.8) is 0 Å². The fraction of sp³-hybridized carbons (Fsp3) is 0.333. The van der Waals surface area contributed by atoms with E-state index in [1.165, 1.54) is 0 Å². The van der Waals surface area contributed by atoms with Crippen LogP contribution in [0.1, 0.15) is 30.1 Å². The van der Waals surface area contributed by atoms with Crippen LogP contribution in [0.5, 0.6) is 0 Å². The number of nitrogens with one attached hydrogen (secondary N) is 2. The Morgan fingerprint density at radius 1 is 1.35 bits per heavy atom. The number of H-pyrrole nitrogens is 1. The number of aromatic amines is 1. The van der Waals surface area contributed by atoms with E-state index in [4.69, 9.17) is 0 Å². The summed E-state index contributed by atoms with van der Waals surface area (Å²) >= 11 is 0. The minimum absolute atomic E-state index is 0.0277. The van der Waals surface area contributed by atoms with Gasteiger partial charge >= 0.3 is 5.97 Å². The highest BCUT2D eigenvalue weighted by Gasteiger charge is 2.48. The van der Waals surface area contributed by atoms with Gasteiger partial charge in [0.05, 0.1) is 0 Å². The van der Waals surface area contributed by atoms with Gasteiger partial charge in [0, 0.05) is 22.7 Å². The zero-order chi connectivity index (χ0) is 14.3. The van der Waals surface area contributed by atoms with Crippen LogP contribution in [-0.2, 0) is 4.79 Å². The topological polar surface area (TPSA) is 82.2 Å². The van der Waals surface area contributed by atoms with E-state index < -0.39 is 11.5 Å². The van der Waals surface area contributed by atoms with Gasteiger partial charge < -0.3 is 15.4 Å². The molecule has 0 aliphatic heterocycles. The molecule has 1 aliphatic carbocycles. The number of amides is 1. The van der Waals surface area contributed by atoms with Crippen LogP contribution < -0.4 is 5.32 Å². The number of carboxylic acids is 1. The molecule has 1 unspecified atom stereocenters. The summed E-state index contributed by atoms with van der Waals surface area (Å²) in [5.41, 5.74) is 0.249. The Kier molecular flexibility index (Phi) is 2.78. The Bertz CT molecular complexity index is 687. The third-order valence-corrected chi connectivity index (χ3v) is 4.03. The largest absolute Gasteiger partial charge is 0.480 e. The lowest BCUT2D eigenvalue weighted by molar-refractivity contribution is -0.144. The van der Waals surface area contributed by atoms with Crippen molar-refractivity contribution in [2.24, 2.45) is 5.92 Å². The summed E-state index contributed by atoms with van der Waals surface area (Å²) < 4.78 is 0. The summed E-state index contributed by atoms with van der Waals surface area (Å²) in [5.74, 6) is -1.29. The lowest BCUT2D eigenvalue weighted by Crippen LogP contribution is -2.54. The number of carbonyl (C=O) groups excluding carboxylic acids is 1. The van der Waals surface area contributed by atoms with Crippen LogP contribution >= 0.6 is 0 Å². The second kappa shape index (κ2) is 4.37. The van der Waals surface area contributed by atoms with Crippen LogP contribution in [0.2, 0.25) is 0 Å². The molecule has 1 heterocycles. The SMILES string of the molecule is CC(NC(=O)c1ccc2[nH]ccc2c1)(C(=O)O)C1CC1. The average molecular weight is 272 g/mol. The third kappa shape index (κ3) is 2.05. The molecule has 1 fully saturated rings. The van der Waals surface area contributed by atoms with E-state index in [1.54, 1.807) is 25.3 Å². The summed E-state index contributed by atoms with van der Waals surface area (Å²) in [6, 6.07) is 7.16. The first-order chi connectivity index (χ1) is 9.50. The van der Waals surface area contributed by atoms with Crippen LogP contribution in [-0.4, -0.2) is 27.5 Å². The molecule has 1 aromatic carbocycles. The van der Waals surface area contributed by atoms with E-state index in [0.29, 0.717) is 5.56 Å². The van der Waals surface area contributed by atoms with Crippen molar-refractivity contribution in [3.8, 4) is 0 Å². The van der Waals surface area contributed by atoms with Gasteiger partial charge in [0.25, 0.3) is 5.91 Å². The fourth-order valence-electron chi connectivity index (χ4n) is 2.49. The van der Waals surface area contributed by atoms with Crippen molar-refractivity contribution >= 4 is 22.8 Å². The average Bonchev–Trinajstić information content (AvgIpc) is 3.16. The second-order valence-corrected chi connectivity index (χ2v) is 5.52. The molecule has 3 rings (SSSR count). The maximum Gasteiger partial charge on any atom is 0.329 e. The van der Waals surface area contributed by atoms with Crippen molar-refractivity contribution in [2.75, 3.05) is 0 Å². The molecule has 5 nitrogen and oxygen atoms in total. The highest BCUT2D eigenvalue weighted by molar-refractivity contribution is 6.00. The molecule has 3 N–H and O–H groups in total. The van der Waals surface area contributed by atoms with Gasteiger partial charge in [0.1, 0.15) is 5.54 Å². The standard InChI is InChI=1S/C15H16N2O3/c1-15(14(19)20,11-3-4-11)17-13(18)10-2-5-12-9(8-10)6-7-16-12/h2,5-8,11,16H,3-4H2,1H3,(H,17,18)(H,19,20). The Labute approximate surface area is 116 Å². The predicted molar refractivity (Wildman–Crippen MR) is 74.5 cm³/mol. The first-order valence-electron chi connectivity index (χ1n) is 6.64. The van der Waals surface area contributed by atoms with Crippen LogP contribution in [0.4, 0.5) is 0 Å². The molecule has 2 aromatic rings. The number of rotatable bonds is 4. The van der Waals surface area contributed by atoms with E-state index in [1.807, 2.05) is 12.1 Å². The van der Waals surface area contributed by atoms with Crippen molar-refractivity contribution in [2.45, 2.75) is 25.3 Å². The van der Waals surface area contributed by atoms with Crippen LogP contribution in [0.15, 0.2) is 30.5 Å². The number of carbonyl (C=O) groups is 2. The number of hydrogen-bond acceptors (Lipinski definition) is 2. The lowest BCUT2D eigenvalue weighted by Gasteiger charge is -2.26. The molecule has 0 bridgehead atoms. The summed E-state index contributed by atoms with van der Waals surface area (Å²) in [7, 11) is 0. The molecule has 0 radical (unpaired) electrons. The molecule has 1 amide bonds. The maximum atomic E-state index is 12.3. The summed E-state index contributed by atoms with van der Waals surface area (Å²) in [6.07, 6.45) is 3.50. The molecule has 0 spiro atoms. The normalized spacial score (nSPS) is 17.6. The first kappa shape index (κ1) is 12.7. The maximum absolute atomic E-state index is 12.3. The van der Waals surface area contributed by atoms with Gasteiger partial charge in [0.15, 0.2) is 0 Å². The van der Waals surface area contributed by atoms with Crippen LogP contribution in [0, 0.1) is 5.92 Å². The molecule has 0 saturated heterocycles. The van der Waals surface area contributed by atoms with Gasteiger partial charge in [-0.25, -0.2) is 4.79 Å². The molecule has 1 saturated carbocycles. The van der Waals surface area contributed by atoms with Crippen LogP contribution in [0.25, 0.3) is 10.9 Å². The minimum atomic E-state index is -1.18. The highest BCUT2D eigenvalue weighted by atomic mass is 16.4. The van der Waals surface area contributed by atoms with Gasteiger partial charge in [0.2, 0.25) is 0 Å². The second-order valence-electron chi connectivity index (χ2n) is 5.52. The van der Waals surface area contributed by atoms with E-state index in [-0.39, 0.29) is 11.8 Å². The lowest BCUT2D eigenvalue weighted by atomic mass is 9.95. The molecule has 1 atom stereocenters. The van der Waals surface area contributed by atoms with E-state index in [0.717, 1.165) is 23.7 Å². The molecular formula is C15H16N2O3. The number of benzene rings is 1. The Hall–Kier alpha value is -2.30. The van der Waals surface area contributed by atoms with Crippen molar-refractivity contribution in [3.05, 3.63) is 36.0 Å². The first-order valence-corrected chi connectivity index (χ1v) is 6.64. The smallest absolute Gasteiger partial charge is 0.329 e. The van der Waals surface area contributed by atoms with E-state index in [2.05, 4.69) is 10.3 Å². The van der Waals surface area contributed by atoms with Gasteiger partial charge in [-0.1, -0.05) is 0 Å². The molecular weight excluding hydrogens is 256 g/mol. The van der Waals surface area contributed by atoms with Crippen LogP contribution in [0.3, 0.4) is 0 Å². The summed E-state index contributed by atoms with van der Waals surface area (Å²) in [5, 5.41) is 13.0. The Morgan fingerprint density at radius 3 is 2.75 bits per heavy atom. The Balaban J connectivity index is 1.86. The number of fused-ring (bicyclic) bond motifs is 1. The van der Waals surface area contributed by atoms with Crippen molar-refractivity contribution < 1.29 is 14.7 Å². The Morgan fingerprint density at radius 2 is 2.10 bits per heavy atom. The van der Waals surface area contributed by atoms with E-state index >= 15 is 0 Å². The molecule has 5 heteroatoms. The third-order valence-electron chi connectivity index (χ3n) is 4.03. The van der Waals surface area contributed by atoms with E-state index in [9.17, 15) is 14.7 Å². The number of hydrogen-bond donors (Lipinski definition) is 3. The fourth-order valence-corrected chi connectivity index (χ4v) is 2.49. The van der Waals surface area contributed by atoms with Gasteiger partial charge in [-0.3, -0.25) is 4.79 Å². The quantitative estimate of drug-likeness (QED) is 0.797. The summed E-state index contributed by atoms with van der Waals surface area (Å²) in [4.78, 5) is 26.8. The van der Waals surface area contributed by atoms with Gasteiger partial charge in [-0.05, 0) is 49.9 Å². The molecule has 20 heavy (non-hydrogen) atoms. The van der Waals surface area contributed by atoms with Gasteiger partial charge in [-0.2, -0.15) is 0 Å². The molecule has 1 aromatic heterocycles. The van der Waals surface area contributed by atoms with Crippen molar-refractivity contribution in [1.82, 2.24) is 10.3 Å². The zero-order valence-corrected chi connectivity index (χ0v) is 11.1. The number of carboxylic acid groups (broad SMARTS) is 1. The highest BCUT2D eigenvalue weighted by Crippen LogP contribution is 2.39. The zero-order valence-electron chi connectivity index (χ0n) is 11.1. The number of aliphatic carboxylic acids is 1. The molecule has 1 aliphatic rings. The minimum Gasteiger partial charge on any atom is -0.480 e. The predicted octanol–water partition coefficient (Wildman–Crippen LogP) is 2.15.